The predicted molar refractivity (Wildman–Crippen MR) is 107 cm³/mol. The first-order valence-corrected chi connectivity index (χ1v) is 12.2. The summed E-state index contributed by atoms with van der Waals surface area (Å²) in [4.78, 5) is 0. The van der Waals surface area contributed by atoms with E-state index in [0.717, 1.165) is 17.6 Å². The Morgan fingerprint density at radius 3 is 2.88 bits per heavy atom. The number of aryl methyl sites for hydroxylation is 1. The summed E-state index contributed by atoms with van der Waals surface area (Å²) in [6, 6.07) is 6.68. The summed E-state index contributed by atoms with van der Waals surface area (Å²) in [7, 11) is -1.71. The molecule has 0 heterocycles. The lowest BCUT2D eigenvalue weighted by Gasteiger charge is -2.36. The van der Waals surface area contributed by atoms with E-state index >= 15 is 0 Å². The van der Waals surface area contributed by atoms with E-state index in [-0.39, 0.29) is 0 Å². The van der Waals surface area contributed by atoms with E-state index in [0.29, 0.717) is 12.1 Å². The number of allylic oxidation sites excluding steroid dienone is 4. The molecule has 0 saturated heterocycles. The van der Waals surface area contributed by atoms with Crippen LogP contribution >= 0.6 is 0 Å². The van der Waals surface area contributed by atoms with Gasteiger partial charge in [0.2, 0.25) is 0 Å². The SMILES string of the molecule is C=CCOc1c(C)cccc1[Si](C)(C)C1C2=CC=CCC2CC1C. The Bertz CT molecular complexity index is 683. The zero-order valence-electron chi connectivity index (χ0n) is 15.5. The van der Waals surface area contributed by atoms with E-state index in [1.807, 2.05) is 6.08 Å². The highest BCUT2D eigenvalue weighted by atomic mass is 28.3. The van der Waals surface area contributed by atoms with E-state index < -0.39 is 8.07 Å². The van der Waals surface area contributed by atoms with Gasteiger partial charge >= 0.3 is 0 Å². The Labute approximate surface area is 148 Å². The standard InChI is InChI=1S/C22H30OSi/c1-6-14-23-21-16(2)10-9-13-20(21)24(4,5)22-17(3)15-18-11-7-8-12-19(18)22/h6-10,12-13,17-18,22H,1,11,14-15H2,2-5H3. The number of hydrogen-bond acceptors (Lipinski definition) is 1. The first kappa shape index (κ1) is 17.3. The van der Waals surface area contributed by atoms with Crippen LogP contribution in [-0.2, 0) is 0 Å². The third-order valence-electron chi connectivity index (χ3n) is 5.93. The summed E-state index contributed by atoms with van der Waals surface area (Å²) < 4.78 is 6.12. The second-order valence-corrected chi connectivity index (χ2v) is 12.6. The van der Waals surface area contributed by atoms with E-state index in [1.54, 1.807) is 5.57 Å². The van der Waals surface area contributed by atoms with E-state index in [9.17, 15) is 0 Å². The van der Waals surface area contributed by atoms with Crippen molar-refractivity contribution in [2.24, 2.45) is 11.8 Å². The molecular formula is C22H30OSi. The minimum Gasteiger partial charge on any atom is -0.489 e. The fourth-order valence-electron chi connectivity index (χ4n) is 4.99. The third kappa shape index (κ3) is 2.92. The van der Waals surface area contributed by atoms with Crippen LogP contribution in [0.1, 0.15) is 25.3 Å². The van der Waals surface area contributed by atoms with E-state index in [2.05, 4.69) is 69.9 Å². The van der Waals surface area contributed by atoms with Crippen LogP contribution in [0.3, 0.4) is 0 Å². The molecule has 0 aromatic heterocycles. The van der Waals surface area contributed by atoms with Gasteiger partial charge in [0, 0.05) is 0 Å². The van der Waals surface area contributed by atoms with Crippen molar-refractivity contribution in [1.82, 2.24) is 0 Å². The Morgan fingerprint density at radius 2 is 2.12 bits per heavy atom. The van der Waals surface area contributed by atoms with Gasteiger partial charge in [-0.2, -0.15) is 0 Å². The maximum Gasteiger partial charge on any atom is 0.121 e. The fourth-order valence-corrected chi connectivity index (χ4v) is 9.43. The zero-order valence-corrected chi connectivity index (χ0v) is 16.5. The van der Waals surface area contributed by atoms with Crippen molar-refractivity contribution in [1.29, 1.82) is 0 Å². The van der Waals surface area contributed by atoms with Crippen LogP contribution < -0.4 is 9.92 Å². The molecule has 0 spiro atoms. The molecule has 128 valence electrons. The predicted octanol–water partition coefficient (Wildman–Crippen LogP) is 5.39. The smallest absolute Gasteiger partial charge is 0.121 e. The normalized spacial score (nSPS) is 26.0. The zero-order chi connectivity index (χ0) is 17.3. The van der Waals surface area contributed by atoms with Crippen LogP contribution in [0.25, 0.3) is 0 Å². The molecule has 1 saturated carbocycles. The van der Waals surface area contributed by atoms with Gasteiger partial charge < -0.3 is 4.74 Å². The molecule has 2 heteroatoms. The number of ether oxygens (including phenoxy) is 1. The number of benzene rings is 1. The maximum atomic E-state index is 6.12. The van der Waals surface area contributed by atoms with E-state index in [4.69, 9.17) is 4.74 Å². The first-order valence-electron chi connectivity index (χ1n) is 9.17. The van der Waals surface area contributed by atoms with Gasteiger partial charge in [-0.1, -0.05) is 74.7 Å². The minimum absolute atomic E-state index is 0.580. The molecule has 24 heavy (non-hydrogen) atoms. The van der Waals surface area contributed by atoms with Crippen molar-refractivity contribution in [3.8, 4) is 5.75 Å². The summed E-state index contributed by atoms with van der Waals surface area (Å²) in [5, 5.41) is 1.47. The molecule has 0 amide bonds. The lowest BCUT2D eigenvalue weighted by molar-refractivity contribution is 0.363. The third-order valence-corrected chi connectivity index (χ3v) is 10.2. The molecule has 1 aromatic carbocycles. The molecule has 2 aliphatic carbocycles. The van der Waals surface area contributed by atoms with Gasteiger partial charge in [0.05, 0.1) is 8.07 Å². The topological polar surface area (TPSA) is 9.23 Å². The molecule has 3 rings (SSSR count). The number of hydrogen-bond donors (Lipinski definition) is 0. The Kier molecular flexibility index (Phi) is 4.87. The molecule has 2 aliphatic rings. The Morgan fingerprint density at radius 1 is 1.33 bits per heavy atom. The molecule has 0 bridgehead atoms. The molecule has 1 nitrogen and oxygen atoms in total. The van der Waals surface area contributed by atoms with Gasteiger partial charge in [0.15, 0.2) is 0 Å². The van der Waals surface area contributed by atoms with Crippen molar-refractivity contribution in [3.63, 3.8) is 0 Å². The van der Waals surface area contributed by atoms with Crippen molar-refractivity contribution in [3.05, 3.63) is 60.2 Å². The second kappa shape index (κ2) is 6.76. The minimum atomic E-state index is -1.71. The quantitative estimate of drug-likeness (QED) is 0.517. The summed E-state index contributed by atoms with van der Waals surface area (Å²) in [5.41, 5.74) is 3.66. The molecule has 0 aliphatic heterocycles. The maximum absolute atomic E-state index is 6.12. The van der Waals surface area contributed by atoms with Crippen LogP contribution in [0.5, 0.6) is 5.75 Å². The monoisotopic (exact) mass is 338 g/mol. The summed E-state index contributed by atoms with van der Waals surface area (Å²) in [6.45, 7) is 14.1. The van der Waals surface area contributed by atoms with Gasteiger partial charge in [-0.3, -0.25) is 0 Å². The van der Waals surface area contributed by atoms with E-state index in [1.165, 1.54) is 23.6 Å². The molecule has 0 N–H and O–H groups in total. The van der Waals surface area contributed by atoms with Crippen LogP contribution in [0.4, 0.5) is 0 Å². The van der Waals surface area contributed by atoms with Gasteiger partial charge in [-0.05, 0) is 47.9 Å². The summed E-state index contributed by atoms with van der Waals surface area (Å²) in [5.74, 6) is 2.64. The molecule has 1 aromatic rings. The van der Waals surface area contributed by atoms with Gasteiger partial charge in [0.1, 0.15) is 12.4 Å². The molecule has 3 unspecified atom stereocenters. The summed E-state index contributed by atoms with van der Waals surface area (Å²) >= 11 is 0. The molecule has 0 radical (unpaired) electrons. The van der Waals surface area contributed by atoms with Gasteiger partial charge in [-0.25, -0.2) is 0 Å². The van der Waals surface area contributed by atoms with Crippen LogP contribution in [-0.4, -0.2) is 14.7 Å². The number of rotatable bonds is 5. The van der Waals surface area contributed by atoms with Crippen LogP contribution in [0.15, 0.2) is 54.7 Å². The highest BCUT2D eigenvalue weighted by Crippen LogP contribution is 2.52. The molecule has 1 fully saturated rings. The average molecular weight is 339 g/mol. The molecule has 3 atom stereocenters. The summed E-state index contributed by atoms with van der Waals surface area (Å²) in [6.07, 6.45) is 11.4. The number of para-hydroxylation sites is 1. The first-order chi connectivity index (χ1) is 11.5. The van der Waals surface area contributed by atoms with Crippen LogP contribution in [0.2, 0.25) is 18.6 Å². The van der Waals surface area contributed by atoms with Crippen molar-refractivity contribution in [2.75, 3.05) is 6.61 Å². The number of fused-ring (bicyclic) bond motifs is 1. The van der Waals surface area contributed by atoms with Crippen molar-refractivity contribution >= 4 is 13.3 Å². The lowest BCUT2D eigenvalue weighted by Crippen LogP contribution is -2.48. The average Bonchev–Trinajstić information content (AvgIpc) is 2.89. The highest BCUT2D eigenvalue weighted by molar-refractivity contribution is 6.92. The second-order valence-electron chi connectivity index (χ2n) is 7.99. The highest BCUT2D eigenvalue weighted by Gasteiger charge is 2.47. The lowest BCUT2D eigenvalue weighted by atomic mass is 9.94. The largest absolute Gasteiger partial charge is 0.489 e. The van der Waals surface area contributed by atoms with Gasteiger partial charge in [-0.15, -0.1) is 0 Å². The fraction of sp³-hybridized carbons (Fsp3) is 0.455. The van der Waals surface area contributed by atoms with Gasteiger partial charge in [0.25, 0.3) is 0 Å². The van der Waals surface area contributed by atoms with Crippen molar-refractivity contribution < 1.29 is 4.74 Å². The molecular weight excluding hydrogens is 308 g/mol. The van der Waals surface area contributed by atoms with Crippen LogP contribution in [0, 0.1) is 18.8 Å². The van der Waals surface area contributed by atoms with Crippen molar-refractivity contribution in [2.45, 2.75) is 45.3 Å². The Hall–Kier alpha value is -1.54. The Balaban J connectivity index is 2.04.